The van der Waals surface area contributed by atoms with E-state index in [2.05, 4.69) is 22.5 Å². The van der Waals surface area contributed by atoms with Crippen LogP contribution in [-0.4, -0.2) is 15.7 Å². The molecule has 0 aliphatic rings. The van der Waals surface area contributed by atoms with Gasteiger partial charge in [0.15, 0.2) is 0 Å². The largest absolute Gasteiger partial charge is 0.348 e. The Kier molecular flexibility index (Phi) is 6.09. The second-order valence-corrected chi connectivity index (χ2v) is 6.84. The van der Waals surface area contributed by atoms with Gasteiger partial charge in [-0.1, -0.05) is 54.1 Å². The Bertz CT molecular complexity index is 961. The molecule has 0 unspecified atom stereocenters. The highest BCUT2D eigenvalue weighted by Gasteiger charge is 2.12. The van der Waals surface area contributed by atoms with Crippen molar-refractivity contribution < 1.29 is 4.79 Å². The summed E-state index contributed by atoms with van der Waals surface area (Å²) in [6, 6.07) is 17.6. The van der Waals surface area contributed by atoms with Crippen LogP contribution in [0.2, 0.25) is 5.02 Å². The molecule has 0 atom stereocenters. The van der Waals surface area contributed by atoms with Crippen LogP contribution in [-0.2, 0) is 17.9 Å². The van der Waals surface area contributed by atoms with E-state index in [1.807, 2.05) is 54.9 Å². The molecule has 1 heterocycles. The lowest BCUT2D eigenvalue weighted by molar-refractivity contribution is -0.116. The van der Waals surface area contributed by atoms with Gasteiger partial charge in [-0.25, -0.2) is 0 Å². The molecule has 0 aliphatic carbocycles. The van der Waals surface area contributed by atoms with Gasteiger partial charge in [0.05, 0.1) is 12.2 Å². The summed E-state index contributed by atoms with van der Waals surface area (Å²) >= 11 is 5.95. The maximum Gasteiger partial charge on any atom is 0.244 e. The van der Waals surface area contributed by atoms with Crippen molar-refractivity contribution in [1.29, 1.82) is 0 Å². The zero-order valence-corrected chi connectivity index (χ0v) is 16.2. The number of aromatic nitrogens is 2. The second-order valence-electron chi connectivity index (χ2n) is 6.40. The van der Waals surface area contributed by atoms with E-state index in [-0.39, 0.29) is 5.91 Å². The van der Waals surface area contributed by atoms with Crippen LogP contribution in [0.4, 0.5) is 0 Å². The van der Waals surface area contributed by atoms with Gasteiger partial charge in [-0.05, 0) is 43.2 Å². The highest BCUT2D eigenvalue weighted by molar-refractivity contribution is 6.30. The van der Waals surface area contributed by atoms with Crippen LogP contribution in [0.5, 0.6) is 0 Å². The highest BCUT2D eigenvalue weighted by atomic mass is 35.5. The zero-order valence-electron chi connectivity index (χ0n) is 15.4. The molecular formula is C22H22ClN3O. The Morgan fingerprint density at radius 1 is 1.15 bits per heavy atom. The summed E-state index contributed by atoms with van der Waals surface area (Å²) < 4.78 is 1.98. The van der Waals surface area contributed by atoms with Crippen molar-refractivity contribution in [1.82, 2.24) is 15.1 Å². The highest BCUT2D eigenvalue weighted by Crippen LogP contribution is 2.15. The van der Waals surface area contributed by atoms with Crippen LogP contribution in [0, 0.1) is 13.8 Å². The lowest BCUT2D eigenvalue weighted by atomic mass is 10.2. The molecule has 3 rings (SSSR count). The molecular weight excluding hydrogens is 358 g/mol. The van der Waals surface area contributed by atoms with E-state index in [1.54, 1.807) is 12.1 Å². The molecule has 1 amide bonds. The maximum atomic E-state index is 12.1. The maximum absolute atomic E-state index is 12.1. The van der Waals surface area contributed by atoms with Gasteiger partial charge < -0.3 is 5.32 Å². The second kappa shape index (κ2) is 8.69. The van der Waals surface area contributed by atoms with Crippen molar-refractivity contribution in [2.75, 3.05) is 0 Å². The number of amides is 1. The van der Waals surface area contributed by atoms with Crippen LogP contribution in [0.1, 0.15) is 28.1 Å². The fourth-order valence-electron chi connectivity index (χ4n) is 2.92. The number of nitrogens with zero attached hydrogens (tertiary/aromatic N) is 2. The number of carbonyl (C=O) groups is 1. The number of aryl methyl sites for hydroxylation is 1. The number of benzene rings is 2. The van der Waals surface area contributed by atoms with Crippen molar-refractivity contribution >= 4 is 23.6 Å². The Morgan fingerprint density at radius 2 is 1.93 bits per heavy atom. The number of carbonyl (C=O) groups excluding carboxylic acids is 1. The normalized spacial score (nSPS) is 11.1. The van der Waals surface area contributed by atoms with Gasteiger partial charge in [-0.3, -0.25) is 9.48 Å². The fraction of sp³-hybridized carbons (Fsp3) is 0.182. The van der Waals surface area contributed by atoms with Gasteiger partial charge >= 0.3 is 0 Å². The summed E-state index contributed by atoms with van der Waals surface area (Å²) in [6.45, 7) is 5.17. The number of halogens is 1. The molecule has 0 saturated heterocycles. The molecule has 1 aromatic heterocycles. The first kappa shape index (κ1) is 18.9. The summed E-state index contributed by atoms with van der Waals surface area (Å²) in [4.78, 5) is 12.1. The molecule has 0 spiro atoms. The SMILES string of the molecule is Cc1nn(Cc2ccccc2)c(C)c1CNC(=O)/C=C/c1cccc(Cl)c1. The Hall–Kier alpha value is -2.85. The third-order valence-electron chi connectivity index (χ3n) is 4.42. The quantitative estimate of drug-likeness (QED) is 0.639. The van der Waals surface area contributed by atoms with Gasteiger partial charge in [-0.15, -0.1) is 0 Å². The zero-order chi connectivity index (χ0) is 19.2. The Balaban J connectivity index is 1.63. The molecule has 0 fully saturated rings. The molecule has 2 aromatic carbocycles. The fourth-order valence-corrected chi connectivity index (χ4v) is 3.12. The van der Waals surface area contributed by atoms with Crippen molar-refractivity contribution in [2.45, 2.75) is 26.9 Å². The number of rotatable bonds is 6. The molecule has 138 valence electrons. The van der Waals surface area contributed by atoms with Crippen LogP contribution in [0.15, 0.2) is 60.7 Å². The standard InChI is InChI=1S/C22H22ClN3O/c1-16-21(17(2)26(25-16)15-19-7-4-3-5-8-19)14-24-22(27)12-11-18-9-6-10-20(23)13-18/h3-13H,14-15H2,1-2H3,(H,24,27)/b12-11+. The summed E-state index contributed by atoms with van der Waals surface area (Å²) in [6.07, 6.45) is 3.27. The molecule has 0 radical (unpaired) electrons. The third kappa shape index (κ3) is 5.08. The molecule has 3 aromatic rings. The van der Waals surface area contributed by atoms with Crippen molar-refractivity contribution in [3.05, 3.63) is 93.8 Å². The summed E-state index contributed by atoms with van der Waals surface area (Å²) in [7, 11) is 0. The van der Waals surface area contributed by atoms with Crippen molar-refractivity contribution in [3.8, 4) is 0 Å². The lowest BCUT2D eigenvalue weighted by Gasteiger charge is -2.06. The number of hydrogen-bond donors (Lipinski definition) is 1. The number of nitrogens with one attached hydrogen (secondary N) is 1. The molecule has 0 saturated carbocycles. The first-order valence-electron chi connectivity index (χ1n) is 8.81. The van der Waals surface area contributed by atoms with Gasteiger partial charge in [0.1, 0.15) is 0 Å². The first-order valence-corrected chi connectivity index (χ1v) is 9.19. The third-order valence-corrected chi connectivity index (χ3v) is 4.66. The van der Waals surface area contributed by atoms with Gasteiger partial charge in [0.2, 0.25) is 5.91 Å². The van der Waals surface area contributed by atoms with Crippen molar-refractivity contribution in [3.63, 3.8) is 0 Å². The molecule has 0 bridgehead atoms. The number of hydrogen-bond acceptors (Lipinski definition) is 2. The van der Waals surface area contributed by atoms with E-state index in [9.17, 15) is 4.79 Å². The predicted molar refractivity (Wildman–Crippen MR) is 110 cm³/mol. The van der Waals surface area contributed by atoms with Crippen LogP contribution in [0.25, 0.3) is 6.08 Å². The first-order chi connectivity index (χ1) is 13.0. The molecule has 0 aliphatic heterocycles. The molecule has 1 N–H and O–H groups in total. The van der Waals surface area contributed by atoms with E-state index in [4.69, 9.17) is 11.6 Å². The summed E-state index contributed by atoms with van der Waals surface area (Å²) in [5.41, 5.74) is 5.14. The Labute approximate surface area is 164 Å². The summed E-state index contributed by atoms with van der Waals surface area (Å²) in [5.74, 6) is -0.149. The van der Waals surface area contributed by atoms with E-state index in [0.29, 0.717) is 11.6 Å². The van der Waals surface area contributed by atoms with E-state index in [1.165, 1.54) is 11.6 Å². The molecule has 5 heteroatoms. The average Bonchev–Trinajstić information content (AvgIpc) is 2.92. The van der Waals surface area contributed by atoms with Gasteiger partial charge in [-0.2, -0.15) is 5.10 Å². The van der Waals surface area contributed by atoms with Gasteiger partial charge in [0, 0.05) is 28.9 Å². The minimum atomic E-state index is -0.149. The van der Waals surface area contributed by atoms with Crippen LogP contribution in [0.3, 0.4) is 0 Å². The van der Waals surface area contributed by atoms with E-state index >= 15 is 0 Å². The molecule has 27 heavy (non-hydrogen) atoms. The van der Waals surface area contributed by atoms with Crippen molar-refractivity contribution in [2.24, 2.45) is 0 Å². The van der Waals surface area contributed by atoms with Gasteiger partial charge in [0.25, 0.3) is 0 Å². The predicted octanol–water partition coefficient (Wildman–Crippen LogP) is 4.53. The van der Waals surface area contributed by atoms with Crippen LogP contribution >= 0.6 is 11.6 Å². The Morgan fingerprint density at radius 3 is 2.67 bits per heavy atom. The smallest absolute Gasteiger partial charge is 0.244 e. The molecule has 4 nitrogen and oxygen atoms in total. The topological polar surface area (TPSA) is 46.9 Å². The van der Waals surface area contributed by atoms with E-state index in [0.717, 1.165) is 29.1 Å². The lowest BCUT2D eigenvalue weighted by Crippen LogP contribution is -2.21. The monoisotopic (exact) mass is 379 g/mol. The average molecular weight is 380 g/mol. The minimum absolute atomic E-state index is 0.149. The minimum Gasteiger partial charge on any atom is -0.348 e. The summed E-state index contributed by atoms with van der Waals surface area (Å²) in [5, 5.41) is 8.20. The van der Waals surface area contributed by atoms with Crippen LogP contribution < -0.4 is 5.32 Å². The van der Waals surface area contributed by atoms with E-state index < -0.39 is 0 Å².